The molecule has 3 heteroatoms. The van der Waals surface area contributed by atoms with Crippen molar-refractivity contribution in [2.75, 3.05) is 7.05 Å². The second-order valence-electron chi connectivity index (χ2n) is 4.88. The van der Waals surface area contributed by atoms with Crippen molar-refractivity contribution in [2.45, 2.75) is 25.8 Å². The summed E-state index contributed by atoms with van der Waals surface area (Å²) in [6.07, 6.45) is 2.34. The quantitative estimate of drug-likeness (QED) is 0.617. The van der Waals surface area contributed by atoms with Crippen LogP contribution in [0, 0.1) is 3.57 Å². The second kappa shape index (κ2) is 7.57. The molecule has 1 unspecified atom stereocenters. The SMILES string of the molecule is CCCc1ccc(C(NC)c2cc(I)ccc2Br)cc1. The van der Waals surface area contributed by atoms with Crippen molar-refractivity contribution >= 4 is 38.5 Å². The van der Waals surface area contributed by atoms with E-state index >= 15 is 0 Å². The fraction of sp³-hybridized carbons (Fsp3) is 0.294. The summed E-state index contributed by atoms with van der Waals surface area (Å²) in [6.45, 7) is 2.22. The van der Waals surface area contributed by atoms with Gasteiger partial charge in [0.1, 0.15) is 0 Å². The van der Waals surface area contributed by atoms with E-state index in [-0.39, 0.29) is 6.04 Å². The van der Waals surface area contributed by atoms with E-state index in [4.69, 9.17) is 0 Å². The van der Waals surface area contributed by atoms with E-state index in [1.807, 2.05) is 7.05 Å². The lowest BCUT2D eigenvalue weighted by Crippen LogP contribution is -2.18. The molecule has 2 rings (SSSR count). The van der Waals surface area contributed by atoms with Crippen LogP contribution in [0.5, 0.6) is 0 Å². The van der Waals surface area contributed by atoms with Gasteiger partial charge in [-0.2, -0.15) is 0 Å². The number of hydrogen-bond acceptors (Lipinski definition) is 1. The first-order chi connectivity index (χ1) is 9.65. The van der Waals surface area contributed by atoms with Crippen molar-refractivity contribution in [3.63, 3.8) is 0 Å². The molecule has 0 saturated carbocycles. The first-order valence-electron chi connectivity index (χ1n) is 6.86. The lowest BCUT2D eigenvalue weighted by Gasteiger charge is -2.19. The van der Waals surface area contributed by atoms with Crippen LogP contribution in [-0.2, 0) is 6.42 Å². The summed E-state index contributed by atoms with van der Waals surface area (Å²) >= 11 is 6.02. The molecule has 0 heterocycles. The maximum Gasteiger partial charge on any atom is 0.0585 e. The number of benzene rings is 2. The predicted molar refractivity (Wildman–Crippen MR) is 98.2 cm³/mol. The summed E-state index contributed by atoms with van der Waals surface area (Å²) in [5.74, 6) is 0. The minimum absolute atomic E-state index is 0.217. The lowest BCUT2D eigenvalue weighted by molar-refractivity contribution is 0.688. The molecule has 106 valence electrons. The van der Waals surface area contributed by atoms with Crippen LogP contribution in [0.4, 0.5) is 0 Å². The van der Waals surface area contributed by atoms with Crippen LogP contribution in [-0.4, -0.2) is 7.05 Å². The number of halogens is 2. The largest absolute Gasteiger partial charge is 0.309 e. The van der Waals surface area contributed by atoms with Crippen molar-refractivity contribution < 1.29 is 0 Å². The molecule has 1 nitrogen and oxygen atoms in total. The van der Waals surface area contributed by atoms with Crippen LogP contribution >= 0.6 is 38.5 Å². The fourth-order valence-corrected chi connectivity index (χ4v) is 3.39. The molecule has 2 aromatic carbocycles. The smallest absolute Gasteiger partial charge is 0.0585 e. The van der Waals surface area contributed by atoms with Gasteiger partial charge in [-0.25, -0.2) is 0 Å². The molecule has 0 aliphatic heterocycles. The highest BCUT2D eigenvalue weighted by molar-refractivity contribution is 14.1. The van der Waals surface area contributed by atoms with Crippen LogP contribution in [0.1, 0.15) is 36.1 Å². The van der Waals surface area contributed by atoms with Crippen LogP contribution in [0.3, 0.4) is 0 Å². The van der Waals surface area contributed by atoms with E-state index in [0.29, 0.717) is 0 Å². The molecular weight excluding hydrogens is 425 g/mol. The molecule has 20 heavy (non-hydrogen) atoms. The monoisotopic (exact) mass is 443 g/mol. The van der Waals surface area contributed by atoms with Crippen LogP contribution in [0.15, 0.2) is 46.9 Å². The third-order valence-electron chi connectivity index (χ3n) is 3.41. The Bertz CT molecular complexity index is 566. The highest BCUT2D eigenvalue weighted by Gasteiger charge is 2.15. The molecule has 0 fully saturated rings. The van der Waals surface area contributed by atoms with Crippen molar-refractivity contribution in [1.29, 1.82) is 0 Å². The van der Waals surface area contributed by atoms with Gasteiger partial charge < -0.3 is 5.32 Å². The van der Waals surface area contributed by atoms with Gasteiger partial charge in [-0.3, -0.25) is 0 Å². The molecule has 0 aromatic heterocycles. The molecule has 1 N–H and O–H groups in total. The zero-order valence-corrected chi connectivity index (χ0v) is 15.5. The van der Waals surface area contributed by atoms with Gasteiger partial charge in [-0.1, -0.05) is 53.5 Å². The van der Waals surface area contributed by atoms with Crippen molar-refractivity contribution in [1.82, 2.24) is 5.32 Å². The lowest BCUT2D eigenvalue weighted by atomic mass is 9.97. The topological polar surface area (TPSA) is 12.0 Å². The normalized spacial score (nSPS) is 12.4. The fourth-order valence-electron chi connectivity index (χ4n) is 2.40. The summed E-state index contributed by atoms with van der Waals surface area (Å²) in [7, 11) is 2.01. The van der Waals surface area contributed by atoms with Gasteiger partial charge in [-0.05, 0) is 70.9 Å². The zero-order chi connectivity index (χ0) is 14.5. The highest BCUT2D eigenvalue weighted by Crippen LogP contribution is 2.30. The van der Waals surface area contributed by atoms with Crippen LogP contribution in [0.25, 0.3) is 0 Å². The number of hydrogen-bond donors (Lipinski definition) is 1. The van der Waals surface area contributed by atoms with Crippen molar-refractivity contribution in [3.05, 3.63) is 67.2 Å². The third kappa shape index (κ3) is 3.83. The summed E-state index contributed by atoms with van der Waals surface area (Å²) in [4.78, 5) is 0. The Kier molecular flexibility index (Phi) is 6.05. The number of rotatable bonds is 5. The van der Waals surface area contributed by atoms with E-state index in [1.54, 1.807) is 0 Å². The first kappa shape index (κ1) is 16.0. The highest BCUT2D eigenvalue weighted by atomic mass is 127. The number of nitrogens with one attached hydrogen (secondary N) is 1. The molecule has 0 aliphatic carbocycles. The Morgan fingerprint density at radius 1 is 1.15 bits per heavy atom. The van der Waals surface area contributed by atoms with Gasteiger partial charge >= 0.3 is 0 Å². The van der Waals surface area contributed by atoms with E-state index < -0.39 is 0 Å². The van der Waals surface area contributed by atoms with Crippen LogP contribution < -0.4 is 5.32 Å². The molecule has 0 aliphatic rings. The average molecular weight is 444 g/mol. The van der Waals surface area contributed by atoms with E-state index in [9.17, 15) is 0 Å². The van der Waals surface area contributed by atoms with E-state index in [0.717, 1.165) is 10.9 Å². The average Bonchev–Trinajstić information content (AvgIpc) is 2.45. The van der Waals surface area contributed by atoms with Gasteiger partial charge in [-0.15, -0.1) is 0 Å². The Labute approximate surface area is 143 Å². The molecule has 1 atom stereocenters. The van der Waals surface area contributed by atoms with Crippen LogP contribution in [0.2, 0.25) is 0 Å². The van der Waals surface area contributed by atoms with Gasteiger partial charge in [0.25, 0.3) is 0 Å². The molecular formula is C17H19BrIN. The maximum atomic E-state index is 3.67. The number of aryl methyl sites for hydroxylation is 1. The standard InChI is InChI=1S/C17H19BrIN/c1-3-4-12-5-7-13(8-6-12)17(20-2)15-11-14(19)9-10-16(15)18/h5-11,17,20H,3-4H2,1-2H3. The maximum absolute atomic E-state index is 3.67. The predicted octanol–water partition coefficient (Wildman–Crippen LogP) is 5.32. The minimum atomic E-state index is 0.217. The van der Waals surface area contributed by atoms with Gasteiger partial charge in [0, 0.05) is 8.04 Å². The van der Waals surface area contributed by atoms with E-state index in [1.165, 1.54) is 26.7 Å². The first-order valence-corrected chi connectivity index (χ1v) is 8.74. The summed E-state index contributed by atoms with van der Waals surface area (Å²) in [5.41, 5.74) is 3.99. The summed E-state index contributed by atoms with van der Waals surface area (Å²) in [6, 6.07) is 15.6. The summed E-state index contributed by atoms with van der Waals surface area (Å²) < 4.78 is 2.40. The zero-order valence-electron chi connectivity index (χ0n) is 11.8. The second-order valence-corrected chi connectivity index (χ2v) is 6.98. The molecule has 0 amide bonds. The molecule has 0 saturated heterocycles. The Hall–Kier alpha value is -0.390. The molecule has 0 radical (unpaired) electrons. The Morgan fingerprint density at radius 3 is 2.45 bits per heavy atom. The third-order valence-corrected chi connectivity index (χ3v) is 4.80. The molecule has 2 aromatic rings. The van der Waals surface area contributed by atoms with Crippen molar-refractivity contribution in [3.8, 4) is 0 Å². The van der Waals surface area contributed by atoms with Crippen molar-refractivity contribution in [2.24, 2.45) is 0 Å². The van der Waals surface area contributed by atoms with Gasteiger partial charge in [0.15, 0.2) is 0 Å². The minimum Gasteiger partial charge on any atom is -0.309 e. The molecule has 0 spiro atoms. The van der Waals surface area contributed by atoms with E-state index in [2.05, 4.69) is 93.2 Å². The Morgan fingerprint density at radius 2 is 1.85 bits per heavy atom. The van der Waals surface area contributed by atoms with Gasteiger partial charge in [0.05, 0.1) is 6.04 Å². The van der Waals surface area contributed by atoms with Gasteiger partial charge in [0.2, 0.25) is 0 Å². The summed E-state index contributed by atoms with van der Waals surface area (Å²) in [5, 5.41) is 3.42. The molecule has 0 bridgehead atoms. The Balaban J connectivity index is 2.34.